The van der Waals surface area contributed by atoms with Gasteiger partial charge in [0, 0.05) is 12.6 Å². The summed E-state index contributed by atoms with van der Waals surface area (Å²) in [6, 6.07) is 2.76. The van der Waals surface area contributed by atoms with Gasteiger partial charge in [-0.2, -0.15) is 5.26 Å². The molecular weight excluding hydrogens is 252 g/mol. The summed E-state index contributed by atoms with van der Waals surface area (Å²) in [5, 5.41) is 15.5. The van der Waals surface area contributed by atoms with Crippen molar-refractivity contribution in [1.29, 1.82) is 5.26 Å². The number of nitrogens with zero attached hydrogens (tertiary/aromatic N) is 2. The van der Waals surface area contributed by atoms with Gasteiger partial charge in [0.15, 0.2) is 0 Å². The van der Waals surface area contributed by atoms with Crippen LogP contribution in [0.1, 0.15) is 44.9 Å². The normalized spacial score (nSPS) is 26.1. The van der Waals surface area contributed by atoms with E-state index in [1.165, 1.54) is 6.42 Å². The van der Waals surface area contributed by atoms with Gasteiger partial charge in [-0.1, -0.05) is 6.42 Å². The van der Waals surface area contributed by atoms with Crippen LogP contribution in [0.15, 0.2) is 0 Å². The fraction of sp³-hybridized carbons (Fsp3) is 0.867. The van der Waals surface area contributed by atoms with Crippen LogP contribution in [0, 0.1) is 11.3 Å². The van der Waals surface area contributed by atoms with Crippen LogP contribution in [0.4, 0.5) is 0 Å². The summed E-state index contributed by atoms with van der Waals surface area (Å²) in [5.74, 6) is 0.0106. The van der Waals surface area contributed by atoms with Crippen LogP contribution in [0.3, 0.4) is 0 Å². The molecule has 0 spiro atoms. The third kappa shape index (κ3) is 3.71. The monoisotopic (exact) mass is 278 g/mol. The zero-order valence-corrected chi connectivity index (χ0v) is 12.5. The minimum atomic E-state index is -0.592. The molecule has 1 saturated heterocycles. The number of hydrogen-bond donors (Lipinski definition) is 2. The van der Waals surface area contributed by atoms with E-state index in [1.807, 2.05) is 7.05 Å². The van der Waals surface area contributed by atoms with Crippen molar-refractivity contribution >= 4 is 5.91 Å². The van der Waals surface area contributed by atoms with Crippen molar-refractivity contribution in [2.75, 3.05) is 26.7 Å². The number of rotatable bonds is 5. The van der Waals surface area contributed by atoms with E-state index in [0.29, 0.717) is 12.6 Å². The average molecular weight is 278 g/mol. The lowest BCUT2D eigenvalue weighted by molar-refractivity contribution is -0.124. The van der Waals surface area contributed by atoms with E-state index in [0.717, 1.165) is 51.6 Å². The van der Waals surface area contributed by atoms with E-state index >= 15 is 0 Å². The molecule has 1 saturated carbocycles. The molecule has 112 valence electrons. The predicted molar refractivity (Wildman–Crippen MR) is 78.1 cm³/mol. The van der Waals surface area contributed by atoms with Crippen LogP contribution >= 0.6 is 0 Å². The molecule has 1 amide bonds. The van der Waals surface area contributed by atoms with Gasteiger partial charge in [-0.05, 0) is 52.1 Å². The van der Waals surface area contributed by atoms with Crippen LogP contribution < -0.4 is 10.6 Å². The Morgan fingerprint density at radius 2 is 2.10 bits per heavy atom. The number of hydrogen-bond acceptors (Lipinski definition) is 4. The lowest BCUT2D eigenvalue weighted by Gasteiger charge is -2.35. The first kappa shape index (κ1) is 15.3. The fourth-order valence-electron chi connectivity index (χ4n) is 3.47. The first-order valence-electron chi connectivity index (χ1n) is 7.80. The van der Waals surface area contributed by atoms with Crippen molar-refractivity contribution in [3.05, 3.63) is 0 Å². The Hall–Kier alpha value is -1.12. The van der Waals surface area contributed by atoms with E-state index in [9.17, 15) is 10.1 Å². The second kappa shape index (κ2) is 7.05. The summed E-state index contributed by atoms with van der Waals surface area (Å²) >= 11 is 0. The molecule has 0 bridgehead atoms. The minimum absolute atomic E-state index is 0.0106. The van der Waals surface area contributed by atoms with Gasteiger partial charge in [0.1, 0.15) is 5.54 Å². The molecule has 0 radical (unpaired) electrons. The molecule has 1 aliphatic carbocycles. The van der Waals surface area contributed by atoms with Crippen molar-refractivity contribution < 1.29 is 4.79 Å². The molecule has 2 aliphatic rings. The maximum absolute atomic E-state index is 12.3. The zero-order valence-electron chi connectivity index (χ0n) is 12.5. The molecule has 0 aromatic carbocycles. The van der Waals surface area contributed by atoms with E-state index in [-0.39, 0.29) is 5.91 Å². The number of likely N-dealkylation sites (N-methyl/N-ethyl adjacent to an activating group) is 1. The molecule has 2 fully saturated rings. The van der Waals surface area contributed by atoms with E-state index < -0.39 is 5.54 Å². The van der Waals surface area contributed by atoms with Crippen LogP contribution in [-0.4, -0.2) is 49.1 Å². The molecule has 2 N–H and O–H groups in total. The Kier molecular flexibility index (Phi) is 5.38. The summed E-state index contributed by atoms with van der Waals surface area (Å²) in [7, 11) is 1.95. The van der Waals surface area contributed by atoms with Gasteiger partial charge < -0.3 is 10.6 Å². The SMILES string of the molecule is CNCC1CCCCN1CC(=O)NC1(C#N)CCCC1. The Morgan fingerprint density at radius 3 is 2.75 bits per heavy atom. The molecule has 20 heavy (non-hydrogen) atoms. The van der Waals surface area contributed by atoms with Gasteiger partial charge >= 0.3 is 0 Å². The third-order valence-electron chi connectivity index (χ3n) is 4.59. The highest BCUT2D eigenvalue weighted by Gasteiger charge is 2.36. The zero-order chi connectivity index (χ0) is 14.4. The predicted octanol–water partition coefficient (Wildman–Crippen LogP) is 1.01. The molecule has 0 aromatic heterocycles. The maximum Gasteiger partial charge on any atom is 0.235 e. The van der Waals surface area contributed by atoms with E-state index in [1.54, 1.807) is 0 Å². The lowest BCUT2D eigenvalue weighted by Crippen LogP contribution is -2.53. The standard InChI is InChI=1S/C15H26N4O/c1-17-10-13-6-2-5-9-19(13)11-14(20)18-15(12-16)7-3-4-8-15/h13,17H,2-11H2,1H3,(H,18,20). The molecule has 0 aromatic rings. The molecule has 2 rings (SSSR count). The van der Waals surface area contributed by atoms with Gasteiger partial charge in [-0.3, -0.25) is 9.69 Å². The van der Waals surface area contributed by atoms with Gasteiger partial charge in [0.2, 0.25) is 5.91 Å². The largest absolute Gasteiger partial charge is 0.337 e. The maximum atomic E-state index is 12.3. The first-order valence-corrected chi connectivity index (χ1v) is 7.80. The Bertz CT molecular complexity index is 369. The smallest absolute Gasteiger partial charge is 0.235 e. The molecule has 5 heteroatoms. The summed E-state index contributed by atoms with van der Waals surface area (Å²) in [6.07, 6.45) is 7.24. The van der Waals surface area contributed by atoms with Crippen LogP contribution in [0.25, 0.3) is 0 Å². The highest BCUT2D eigenvalue weighted by atomic mass is 16.2. The number of amides is 1. The third-order valence-corrected chi connectivity index (χ3v) is 4.59. The average Bonchev–Trinajstić information content (AvgIpc) is 2.90. The van der Waals surface area contributed by atoms with Crippen molar-refractivity contribution in [2.24, 2.45) is 0 Å². The summed E-state index contributed by atoms with van der Waals surface area (Å²) in [5.41, 5.74) is -0.592. The number of carbonyl (C=O) groups is 1. The molecule has 1 heterocycles. The molecule has 1 atom stereocenters. The summed E-state index contributed by atoms with van der Waals surface area (Å²) in [4.78, 5) is 14.5. The fourth-order valence-corrected chi connectivity index (χ4v) is 3.47. The van der Waals surface area contributed by atoms with Crippen molar-refractivity contribution in [1.82, 2.24) is 15.5 Å². The highest BCUT2D eigenvalue weighted by molar-refractivity contribution is 5.79. The van der Waals surface area contributed by atoms with Crippen LogP contribution in [-0.2, 0) is 4.79 Å². The van der Waals surface area contributed by atoms with Crippen molar-refractivity contribution in [2.45, 2.75) is 56.5 Å². The van der Waals surface area contributed by atoms with Gasteiger partial charge in [-0.15, -0.1) is 0 Å². The molecule has 5 nitrogen and oxygen atoms in total. The number of likely N-dealkylation sites (tertiary alicyclic amines) is 1. The number of nitriles is 1. The van der Waals surface area contributed by atoms with Gasteiger partial charge in [0.05, 0.1) is 12.6 Å². The number of piperidine rings is 1. The first-order chi connectivity index (χ1) is 9.69. The minimum Gasteiger partial charge on any atom is -0.337 e. The Balaban J connectivity index is 1.88. The van der Waals surface area contributed by atoms with E-state index in [2.05, 4.69) is 21.6 Å². The second-order valence-electron chi connectivity index (χ2n) is 6.13. The van der Waals surface area contributed by atoms with Crippen LogP contribution in [0.5, 0.6) is 0 Å². The summed E-state index contributed by atoms with van der Waals surface area (Å²) < 4.78 is 0. The molecule has 1 unspecified atom stereocenters. The Morgan fingerprint density at radius 1 is 1.35 bits per heavy atom. The number of nitrogens with one attached hydrogen (secondary N) is 2. The molecule has 1 aliphatic heterocycles. The molecular formula is C15H26N4O. The second-order valence-corrected chi connectivity index (χ2v) is 6.13. The number of carbonyl (C=O) groups excluding carboxylic acids is 1. The van der Waals surface area contributed by atoms with Crippen molar-refractivity contribution in [3.8, 4) is 6.07 Å². The van der Waals surface area contributed by atoms with Gasteiger partial charge in [0.25, 0.3) is 0 Å². The quantitative estimate of drug-likeness (QED) is 0.787. The topological polar surface area (TPSA) is 68.2 Å². The van der Waals surface area contributed by atoms with Crippen molar-refractivity contribution in [3.63, 3.8) is 0 Å². The van der Waals surface area contributed by atoms with Crippen LogP contribution in [0.2, 0.25) is 0 Å². The highest BCUT2D eigenvalue weighted by Crippen LogP contribution is 2.28. The Labute approximate surface area is 121 Å². The lowest BCUT2D eigenvalue weighted by atomic mass is 9.99. The van der Waals surface area contributed by atoms with E-state index in [4.69, 9.17) is 0 Å². The summed E-state index contributed by atoms with van der Waals surface area (Å²) in [6.45, 7) is 2.34. The van der Waals surface area contributed by atoms with Gasteiger partial charge in [-0.25, -0.2) is 0 Å².